The van der Waals surface area contributed by atoms with Crippen molar-refractivity contribution in [1.29, 1.82) is 0 Å². The summed E-state index contributed by atoms with van der Waals surface area (Å²) in [5.74, 6) is -0.481. The highest BCUT2D eigenvalue weighted by atomic mass is 16.4. The number of aromatic nitrogens is 2. The van der Waals surface area contributed by atoms with Gasteiger partial charge in [-0.05, 0) is 37.0 Å². The molecule has 1 unspecified atom stereocenters. The molecule has 0 spiro atoms. The molecule has 1 aliphatic carbocycles. The molecule has 0 radical (unpaired) electrons. The number of benzene rings is 1. The fourth-order valence-corrected chi connectivity index (χ4v) is 3.91. The lowest BCUT2D eigenvalue weighted by Crippen LogP contribution is -2.50. The quantitative estimate of drug-likeness (QED) is 0.930. The predicted octanol–water partition coefficient (Wildman–Crippen LogP) is 2.16. The number of hydrogen-bond donors (Lipinski definition) is 1. The standard InChI is InChI=1S/C19H21N3O3/c1-21-11-16-15(3-2-4-17(16)20-21)18(23)22-9-14(10-22)12-5-7-13(8-6-12)19(24)25/h5-8,11,14-15H,2-4,9-10H2,1H3,(H,24,25). The van der Waals surface area contributed by atoms with Crippen LogP contribution in [-0.4, -0.2) is 44.8 Å². The zero-order chi connectivity index (χ0) is 17.6. The summed E-state index contributed by atoms with van der Waals surface area (Å²) in [6.45, 7) is 1.41. The number of carboxylic acid groups (broad SMARTS) is 1. The molecule has 1 aromatic carbocycles. The summed E-state index contributed by atoms with van der Waals surface area (Å²) in [5.41, 5.74) is 3.54. The zero-order valence-corrected chi connectivity index (χ0v) is 14.2. The second-order valence-electron chi connectivity index (χ2n) is 7.02. The Balaban J connectivity index is 1.42. The molecule has 6 heteroatoms. The van der Waals surface area contributed by atoms with Gasteiger partial charge in [-0.3, -0.25) is 9.48 Å². The Morgan fingerprint density at radius 2 is 1.92 bits per heavy atom. The van der Waals surface area contributed by atoms with E-state index in [1.165, 1.54) is 0 Å². The lowest BCUT2D eigenvalue weighted by Gasteiger charge is -2.42. The van der Waals surface area contributed by atoms with Crippen LogP contribution in [0.25, 0.3) is 0 Å². The van der Waals surface area contributed by atoms with E-state index in [0.29, 0.717) is 24.6 Å². The number of carbonyl (C=O) groups excluding carboxylic acids is 1. The van der Waals surface area contributed by atoms with E-state index in [2.05, 4.69) is 5.10 Å². The number of carboxylic acids is 1. The summed E-state index contributed by atoms with van der Waals surface area (Å²) in [6, 6.07) is 6.97. The van der Waals surface area contributed by atoms with Crippen LogP contribution >= 0.6 is 0 Å². The van der Waals surface area contributed by atoms with Gasteiger partial charge >= 0.3 is 5.97 Å². The number of aryl methyl sites for hydroxylation is 2. The summed E-state index contributed by atoms with van der Waals surface area (Å²) < 4.78 is 1.80. The van der Waals surface area contributed by atoms with E-state index in [1.807, 2.05) is 30.3 Å². The molecule has 0 bridgehead atoms. The Kier molecular flexibility index (Phi) is 3.82. The minimum atomic E-state index is -0.915. The number of rotatable bonds is 3. The van der Waals surface area contributed by atoms with E-state index >= 15 is 0 Å². The van der Waals surface area contributed by atoms with Crippen LogP contribution in [0.15, 0.2) is 30.5 Å². The molecular weight excluding hydrogens is 318 g/mol. The summed E-state index contributed by atoms with van der Waals surface area (Å²) in [5, 5.41) is 13.4. The van der Waals surface area contributed by atoms with Gasteiger partial charge in [0.2, 0.25) is 5.91 Å². The van der Waals surface area contributed by atoms with Gasteiger partial charge in [0.15, 0.2) is 0 Å². The van der Waals surface area contributed by atoms with Crippen molar-refractivity contribution in [2.24, 2.45) is 7.05 Å². The molecule has 1 aliphatic heterocycles. The van der Waals surface area contributed by atoms with Gasteiger partial charge in [-0.1, -0.05) is 12.1 Å². The van der Waals surface area contributed by atoms with Gasteiger partial charge in [0.25, 0.3) is 0 Å². The van der Waals surface area contributed by atoms with Crippen LogP contribution in [0.3, 0.4) is 0 Å². The van der Waals surface area contributed by atoms with Gasteiger partial charge in [-0.15, -0.1) is 0 Å². The van der Waals surface area contributed by atoms with Crippen LogP contribution in [0.5, 0.6) is 0 Å². The Labute approximate surface area is 146 Å². The first-order chi connectivity index (χ1) is 12.0. The third kappa shape index (κ3) is 2.81. The number of hydrogen-bond acceptors (Lipinski definition) is 3. The van der Waals surface area contributed by atoms with Crippen molar-refractivity contribution < 1.29 is 14.7 Å². The normalized spacial score (nSPS) is 20.0. The van der Waals surface area contributed by atoms with Crippen molar-refractivity contribution in [3.05, 3.63) is 52.8 Å². The second-order valence-corrected chi connectivity index (χ2v) is 7.02. The maximum Gasteiger partial charge on any atom is 0.335 e. The van der Waals surface area contributed by atoms with E-state index in [9.17, 15) is 9.59 Å². The van der Waals surface area contributed by atoms with Gasteiger partial charge in [-0.25, -0.2) is 4.79 Å². The molecule has 1 saturated heterocycles. The van der Waals surface area contributed by atoms with Crippen LogP contribution in [0.1, 0.15) is 51.9 Å². The van der Waals surface area contributed by atoms with E-state index in [0.717, 1.165) is 36.1 Å². The number of amides is 1. The van der Waals surface area contributed by atoms with Crippen LogP contribution in [0.2, 0.25) is 0 Å². The van der Waals surface area contributed by atoms with E-state index < -0.39 is 5.97 Å². The third-order valence-electron chi connectivity index (χ3n) is 5.34. The molecule has 1 fully saturated rings. The Morgan fingerprint density at radius 3 is 2.60 bits per heavy atom. The molecule has 1 atom stereocenters. The van der Waals surface area contributed by atoms with E-state index in [4.69, 9.17) is 5.11 Å². The van der Waals surface area contributed by atoms with Crippen molar-refractivity contribution in [2.45, 2.75) is 31.1 Å². The molecule has 1 aromatic heterocycles. The summed E-state index contributed by atoms with van der Waals surface area (Å²) in [7, 11) is 1.90. The van der Waals surface area contributed by atoms with E-state index in [1.54, 1.807) is 16.8 Å². The average Bonchev–Trinajstić information content (AvgIpc) is 2.93. The van der Waals surface area contributed by atoms with Crippen molar-refractivity contribution in [3.8, 4) is 0 Å². The van der Waals surface area contributed by atoms with Crippen LogP contribution in [0, 0.1) is 0 Å². The number of likely N-dealkylation sites (tertiary alicyclic amines) is 1. The number of fused-ring (bicyclic) bond motifs is 1. The lowest BCUT2D eigenvalue weighted by atomic mass is 9.83. The monoisotopic (exact) mass is 339 g/mol. The highest BCUT2D eigenvalue weighted by Gasteiger charge is 2.38. The van der Waals surface area contributed by atoms with E-state index in [-0.39, 0.29) is 11.8 Å². The van der Waals surface area contributed by atoms with Crippen molar-refractivity contribution >= 4 is 11.9 Å². The first kappa shape index (κ1) is 15.9. The van der Waals surface area contributed by atoms with Gasteiger partial charge < -0.3 is 10.0 Å². The SMILES string of the molecule is Cn1cc2c(n1)CCCC2C(=O)N1CC(c2ccc(C(=O)O)cc2)C1. The minimum Gasteiger partial charge on any atom is -0.478 e. The fraction of sp³-hybridized carbons (Fsp3) is 0.421. The van der Waals surface area contributed by atoms with Crippen molar-refractivity contribution in [2.75, 3.05) is 13.1 Å². The fourth-order valence-electron chi connectivity index (χ4n) is 3.91. The number of carbonyl (C=O) groups is 2. The maximum absolute atomic E-state index is 12.9. The summed E-state index contributed by atoms with van der Waals surface area (Å²) in [4.78, 5) is 25.7. The highest BCUT2D eigenvalue weighted by Crippen LogP contribution is 2.36. The average molecular weight is 339 g/mol. The molecule has 2 aromatic rings. The van der Waals surface area contributed by atoms with Crippen LogP contribution in [-0.2, 0) is 18.3 Å². The molecule has 2 heterocycles. The van der Waals surface area contributed by atoms with Crippen molar-refractivity contribution in [1.82, 2.24) is 14.7 Å². The van der Waals surface area contributed by atoms with Crippen molar-refractivity contribution in [3.63, 3.8) is 0 Å². The molecule has 1 amide bonds. The molecule has 1 N–H and O–H groups in total. The molecule has 130 valence electrons. The summed E-state index contributed by atoms with van der Waals surface area (Å²) in [6.07, 6.45) is 4.85. The predicted molar refractivity (Wildman–Crippen MR) is 91.6 cm³/mol. The molecular formula is C19H21N3O3. The van der Waals surface area contributed by atoms with Gasteiger partial charge in [-0.2, -0.15) is 5.10 Å². The molecule has 0 saturated carbocycles. The van der Waals surface area contributed by atoms with Gasteiger partial charge in [0, 0.05) is 37.8 Å². The topological polar surface area (TPSA) is 75.4 Å². The zero-order valence-electron chi connectivity index (χ0n) is 14.2. The third-order valence-corrected chi connectivity index (χ3v) is 5.34. The molecule has 2 aliphatic rings. The van der Waals surface area contributed by atoms with Gasteiger partial charge in [0.05, 0.1) is 17.2 Å². The second kappa shape index (κ2) is 6.02. The largest absolute Gasteiger partial charge is 0.478 e. The highest BCUT2D eigenvalue weighted by molar-refractivity contribution is 5.87. The molecule has 25 heavy (non-hydrogen) atoms. The molecule has 6 nitrogen and oxygen atoms in total. The smallest absolute Gasteiger partial charge is 0.335 e. The number of aromatic carboxylic acids is 1. The summed E-state index contributed by atoms with van der Waals surface area (Å²) >= 11 is 0. The number of nitrogens with zero attached hydrogens (tertiary/aromatic N) is 3. The first-order valence-corrected chi connectivity index (χ1v) is 8.67. The lowest BCUT2D eigenvalue weighted by molar-refractivity contribution is -0.137. The Hall–Kier alpha value is -2.63. The minimum absolute atomic E-state index is 0.0622. The molecule has 4 rings (SSSR count). The van der Waals surface area contributed by atoms with Gasteiger partial charge in [0.1, 0.15) is 0 Å². The Bertz CT molecular complexity index is 819. The van der Waals surface area contributed by atoms with Crippen LogP contribution < -0.4 is 0 Å². The maximum atomic E-state index is 12.9. The van der Waals surface area contributed by atoms with Crippen LogP contribution in [0.4, 0.5) is 0 Å². The Morgan fingerprint density at radius 1 is 1.20 bits per heavy atom. The first-order valence-electron chi connectivity index (χ1n) is 8.67.